The van der Waals surface area contributed by atoms with E-state index in [4.69, 9.17) is 23.7 Å². The zero-order chi connectivity index (χ0) is 22.9. The molecule has 0 unspecified atom stereocenters. The van der Waals surface area contributed by atoms with Crippen molar-refractivity contribution >= 4 is 17.8 Å². The van der Waals surface area contributed by atoms with Crippen molar-refractivity contribution in [1.29, 1.82) is 0 Å². The molecule has 0 fully saturated rings. The van der Waals surface area contributed by atoms with Gasteiger partial charge in [0.1, 0.15) is 11.5 Å². The molecule has 1 aliphatic rings. The largest absolute Gasteiger partial charge is 0.493 e. The van der Waals surface area contributed by atoms with Gasteiger partial charge in [0, 0.05) is 11.1 Å². The van der Waals surface area contributed by atoms with Crippen molar-refractivity contribution in [3.05, 3.63) is 46.7 Å². The summed E-state index contributed by atoms with van der Waals surface area (Å²) in [7, 11) is 4.54. The van der Waals surface area contributed by atoms with Crippen LogP contribution in [0.2, 0.25) is 0 Å². The summed E-state index contributed by atoms with van der Waals surface area (Å²) in [4.78, 5) is 25.2. The van der Waals surface area contributed by atoms with Crippen LogP contribution in [0.1, 0.15) is 42.3 Å². The molecule has 0 bridgehead atoms. The van der Waals surface area contributed by atoms with E-state index in [2.05, 4.69) is 0 Å². The number of Topliss-reactive ketones (excluding diaryl/α,β-unsaturated/α-hetero) is 1. The third kappa shape index (κ3) is 4.08. The maximum absolute atomic E-state index is 12.9. The Bertz CT molecular complexity index is 1070. The molecule has 1 aliphatic heterocycles. The Balaban J connectivity index is 1.99. The molecule has 0 atom stereocenters. The van der Waals surface area contributed by atoms with Gasteiger partial charge in [-0.15, -0.1) is 0 Å². The van der Waals surface area contributed by atoms with Crippen LogP contribution in [0.5, 0.6) is 28.7 Å². The smallest absolute Gasteiger partial charge is 0.316 e. The minimum absolute atomic E-state index is 0.128. The van der Waals surface area contributed by atoms with Gasteiger partial charge in [-0.2, -0.15) is 0 Å². The first kappa shape index (κ1) is 22.2. The van der Waals surface area contributed by atoms with Gasteiger partial charge in [-0.3, -0.25) is 9.59 Å². The van der Waals surface area contributed by atoms with Gasteiger partial charge in [-0.25, -0.2) is 0 Å². The summed E-state index contributed by atoms with van der Waals surface area (Å²) in [5, 5.41) is 0. The van der Waals surface area contributed by atoms with Gasteiger partial charge in [-0.05, 0) is 58.0 Å². The minimum atomic E-state index is -0.656. The Morgan fingerprint density at radius 1 is 0.935 bits per heavy atom. The van der Waals surface area contributed by atoms with E-state index in [1.54, 1.807) is 58.0 Å². The Hall–Kier alpha value is -3.48. The molecular weight excluding hydrogens is 400 g/mol. The molecule has 7 heteroatoms. The van der Waals surface area contributed by atoms with Crippen LogP contribution in [0.3, 0.4) is 0 Å². The molecule has 0 aromatic heterocycles. The highest BCUT2D eigenvalue weighted by atomic mass is 16.5. The zero-order valence-corrected chi connectivity index (χ0v) is 18.7. The lowest BCUT2D eigenvalue weighted by molar-refractivity contribution is -0.143. The van der Waals surface area contributed by atoms with Crippen molar-refractivity contribution in [3.63, 3.8) is 0 Å². The second-order valence-corrected chi connectivity index (χ2v) is 8.07. The van der Waals surface area contributed by atoms with Crippen LogP contribution in [0.4, 0.5) is 0 Å². The van der Waals surface area contributed by atoms with Crippen LogP contribution in [-0.2, 0) is 4.79 Å². The number of methoxy groups -OCH3 is 3. The van der Waals surface area contributed by atoms with Gasteiger partial charge in [0.05, 0.1) is 32.3 Å². The van der Waals surface area contributed by atoms with Crippen molar-refractivity contribution in [2.75, 3.05) is 21.3 Å². The zero-order valence-electron chi connectivity index (χ0n) is 18.7. The number of hydrogen-bond acceptors (Lipinski definition) is 7. The molecule has 1 heterocycles. The van der Waals surface area contributed by atoms with Crippen LogP contribution in [0, 0.1) is 12.3 Å². The molecule has 2 aromatic carbocycles. The molecule has 7 nitrogen and oxygen atoms in total. The first-order valence-corrected chi connectivity index (χ1v) is 9.71. The van der Waals surface area contributed by atoms with Gasteiger partial charge in [-0.1, -0.05) is 0 Å². The number of carbonyl (C=O) groups is 2. The number of fused-ring (bicyclic) bond motifs is 1. The summed E-state index contributed by atoms with van der Waals surface area (Å²) in [5.41, 5.74) is 0.912. The normalized spacial score (nSPS) is 14.2. The Morgan fingerprint density at radius 2 is 1.58 bits per heavy atom. The van der Waals surface area contributed by atoms with Crippen molar-refractivity contribution in [3.8, 4) is 28.7 Å². The maximum atomic E-state index is 12.9. The second-order valence-electron chi connectivity index (χ2n) is 8.07. The maximum Gasteiger partial charge on any atom is 0.316 e. The van der Waals surface area contributed by atoms with Gasteiger partial charge in [0.25, 0.3) is 0 Å². The molecular formula is C24H26O7. The van der Waals surface area contributed by atoms with Crippen LogP contribution < -0.4 is 23.7 Å². The van der Waals surface area contributed by atoms with Crippen LogP contribution in [-0.4, -0.2) is 33.1 Å². The molecule has 3 rings (SSSR count). The first-order chi connectivity index (χ1) is 14.6. The van der Waals surface area contributed by atoms with E-state index in [1.165, 1.54) is 21.3 Å². The standard InChI is InChI=1S/C24H26O7/c1-13-16(31-23(26)24(2,3)4)11-9-15-19(25)18(30-20(13)15)12-14-8-10-17(27-5)22(29-7)21(14)28-6/h8-12H,1-7H3/b18-12-. The fourth-order valence-electron chi connectivity index (χ4n) is 3.11. The van der Waals surface area contributed by atoms with Crippen molar-refractivity contribution in [2.24, 2.45) is 5.41 Å². The molecule has 0 amide bonds. The van der Waals surface area contributed by atoms with Crippen LogP contribution in [0.25, 0.3) is 6.08 Å². The van der Waals surface area contributed by atoms with Crippen molar-refractivity contribution < 1.29 is 33.3 Å². The molecule has 0 radical (unpaired) electrons. The molecule has 164 valence electrons. The predicted molar refractivity (Wildman–Crippen MR) is 115 cm³/mol. The predicted octanol–water partition coefficient (Wildman–Crippen LogP) is 4.59. The summed E-state index contributed by atoms with van der Waals surface area (Å²) in [6.07, 6.45) is 1.59. The number of hydrogen-bond donors (Lipinski definition) is 0. The fourth-order valence-corrected chi connectivity index (χ4v) is 3.11. The van der Waals surface area contributed by atoms with E-state index in [9.17, 15) is 9.59 Å². The first-order valence-electron chi connectivity index (χ1n) is 9.71. The average molecular weight is 426 g/mol. The van der Waals surface area contributed by atoms with E-state index in [0.29, 0.717) is 45.4 Å². The van der Waals surface area contributed by atoms with E-state index in [-0.39, 0.29) is 17.5 Å². The Morgan fingerprint density at radius 3 is 2.16 bits per heavy atom. The molecule has 0 spiro atoms. The van der Waals surface area contributed by atoms with Gasteiger partial charge < -0.3 is 23.7 Å². The fraction of sp³-hybridized carbons (Fsp3) is 0.333. The summed E-state index contributed by atoms with van der Waals surface area (Å²) >= 11 is 0. The molecule has 31 heavy (non-hydrogen) atoms. The Kier molecular flexibility index (Phi) is 5.97. The van der Waals surface area contributed by atoms with E-state index >= 15 is 0 Å². The molecule has 0 N–H and O–H groups in total. The summed E-state index contributed by atoms with van der Waals surface area (Å²) in [5.74, 6) is 1.54. The Labute approximate surface area is 181 Å². The summed E-state index contributed by atoms with van der Waals surface area (Å²) in [6.45, 7) is 7.07. The average Bonchev–Trinajstić information content (AvgIpc) is 3.05. The number of benzene rings is 2. The third-order valence-corrected chi connectivity index (χ3v) is 4.87. The van der Waals surface area contributed by atoms with Gasteiger partial charge in [0.2, 0.25) is 11.5 Å². The third-order valence-electron chi connectivity index (χ3n) is 4.87. The van der Waals surface area contributed by atoms with E-state index in [0.717, 1.165) is 0 Å². The van der Waals surface area contributed by atoms with E-state index < -0.39 is 5.41 Å². The molecule has 2 aromatic rings. The van der Waals surface area contributed by atoms with E-state index in [1.807, 2.05) is 0 Å². The van der Waals surface area contributed by atoms with Gasteiger partial charge in [0.15, 0.2) is 17.3 Å². The lowest BCUT2D eigenvalue weighted by Crippen LogP contribution is -2.25. The molecule has 0 aliphatic carbocycles. The number of allylic oxidation sites excluding steroid dienone is 1. The number of ketones is 1. The second kappa shape index (κ2) is 8.34. The quantitative estimate of drug-likeness (QED) is 0.393. The van der Waals surface area contributed by atoms with Crippen molar-refractivity contribution in [2.45, 2.75) is 27.7 Å². The number of esters is 1. The molecule has 0 saturated heterocycles. The number of rotatable bonds is 5. The van der Waals surface area contributed by atoms with Crippen LogP contribution in [0.15, 0.2) is 30.0 Å². The highest BCUT2D eigenvalue weighted by molar-refractivity contribution is 6.15. The van der Waals surface area contributed by atoms with Crippen molar-refractivity contribution in [1.82, 2.24) is 0 Å². The highest BCUT2D eigenvalue weighted by Crippen LogP contribution is 2.43. The lowest BCUT2D eigenvalue weighted by Gasteiger charge is -2.18. The topological polar surface area (TPSA) is 80.3 Å². The number of ether oxygens (including phenoxy) is 5. The minimum Gasteiger partial charge on any atom is -0.493 e. The summed E-state index contributed by atoms with van der Waals surface area (Å²) < 4.78 is 27.6. The summed E-state index contributed by atoms with van der Waals surface area (Å²) in [6, 6.07) is 6.67. The lowest BCUT2D eigenvalue weighted by atomic mass is 9.97. The highest BCUT2D eigenvalue weighted by Gasteiger charge is 2.32. The van der Waals surface area contributed by atoms with Gasteiger partial charge >= 0.3 is 5.97 Å². The van der Waals surface area contributed by atoms with Crippen LogP contribution >= 0.6 is 0 Å². The molecule has 0 saturated carbocycles. The number of carbonyl (C=O) groups excluding carboxylic acids is 2. The SMILES string of the molecule is COc1ccc(/C=C2\Oc3c(ccc(OC(=O)C(C)(C)C)c3C)C2=O)c(OC)c1OC. The monoisotopic (exact) mass is 426 g/mol.